The van der Waals surface area contributed by atoms with E-state index in [2.05, 4.69) is 15.5 Å². The number of aromatic nitrogens is 2. The summed E-state index contributed by atoms with van der Waals surface area (Å²) < 4.78 is 10.3. The smallest absolute Gasteiger partial charge is 0.326 e. The van der Waals surface area contributed by atoms with E-state index in [1.54, 1.807) is 19.2 Å². The topological polar surface area (TPSA) is 115 Å². The second-order valence-electron chi connectivity index (χ2n) is 5.84. The number of methoxy groups -OCH3 is 1. The lowest BCUT2D eigenvalue weighted by Gasteiger charge is -2.13. The van der Waals surface area contributed by atoms with Gasteiger partial charge in [-0.05, 0) is 30.7 Å². The minimum absolute atomic E-state index is 0.0835. The van der Waals surface area contributed by atoms with Gasteiger partial charge in [-0.1, -0.05) is 24.9 Å². The SMILES string of the molecule is CCCCC(NC(=O)CCc1nc(-c2ccc(OC)cc2)no1)C(=O)O. The summed E-state index contributed by atoms with van der Waals surface area (Å²) in [5.74, 6) is 0.107. The Morgan fingerprint density at radius 3 is 2.65 bits per heavy atom. The van der Waals surface area contributed by atoms with Crippen LogP contribution in [0.2, 0.25) is 0 Å². The van der Waals surface area contributed by atoms with E-state index in [0.29, 0.717) is 18.1 Å². The number of hydrogen-bond acceptors (Lipinski definition) is 6. The molecule has 1 aromatic carbocycles. The molecular weight excluding hydrogens is 338 g/mol. The summed E-state index contributed by atoms with van der Waals surface area (Å²) in [6.45, 7) is 1.97. The van der Waals surface area contributed by atoms with E-state index >= 15 is 0 Å². The Balaban J connectivity index is 1.88. The lowest BCUT2D eigenvalue weighted by Crippen LogP contribution is -2.40. The van der Waals surface area contributed by atoms with E-state index in [1.807, 2.05) is 19.1 Å². The maximum Gasteiger partial charge on any atom is 0.326 e. The number of unbranched alkanes of at least 4 members (excludes halogenated alkanes) is 1. The third kappa shape index (κ3) is 5.58. The molecule has 1 heterocycles. The molecule has 8 nitrogen and oxygen atoms in total. The highest BCUT2D eigenvalue weighted by atomic mass is 16.5. The van der Waals surface area contributed by atoms with Crippen LogP contribution >= 0.6 is 0 Å². The normalized spacial score (nSPS) is 11.8. The zero-order valence-corrected chi connectivity index (χ0v) is 14.9. The van der Waals surface area contributed by atoms with Gasteiger partial charge in [0.2, 0.25) is 17.6 Å². The van der Waals surface area contributed by atoms with Gasteiger partial charge in [-0.25, -0.2) is 4.79 Å². The van der Waals surface area contributed by atoms with Crippen molar-refractivity contribution in [1.29, 1.82) is 0 Å². The van der Waals surface area contributed by atoms with Gasteiger partial charge in [0.05, 0.1) is 7.11 Å². The predicted molar refractivity (Wildman–Crippen MR) is 93.7 cm³/mol. The number of hydrogen-bond donors (Lipinski definition) is 2. The van der Waals surface area contributed by atoms with Gasteiger partial charge in [0, 0.05) is 18.4 Å². The fourth-order valence-electron chi connectivity index (χ4n) is 2.37. The standard InChI is InChI=1S/C18H23N3O5/c1-3-4-5-14(18(23)24)19-15(22)10-11-16-20-17(21-26-16)12-6-8-13(25-2)9-7-12/h6-9,14H,3-5,10-11H2,1-2H3,(H,19,22)(H,23,24). The zero-order valence-electron chi connectivity index (χ0n) is 14.9. The van der Waals surface area contributed by atoms with E-state index in [4.69, 9.17) is 14.4 Å². The minimum Gasteiger partial charge on any atom is -0.497 e. The summed E-state index contributed by atoms with van der Waals surface area (Å²) in [7, 11) is 1.59. The number of ether oxygens (including phenoxy) is 1. The van der Waals surface area contributed by atoms with E-state index in [-0.39, 0.29) is 18.7 Å². The monoisotopic (exact) mass is 361 g/mol. The van der Waals surface area contributed by atoms with Gasteiger partial charge in [0.1, 0.15) is 11.8 Å². The Morgan fingerprint density at radius 1 is 1.31 bits per heavy atom. The molecule has 2 rings (SSSR count). The molecule has 1 amide bonds. The number of carbonyl (C=O) groups is 2. The molecule has 0 aliphatic rings. The Kier molecular flexibility index (Phi) is 7.13. The third-order valence-electron chi connectivity index (χ3n) is 3.86. The van der Waals surface area contributed by atoms with Crippen LogP contribution in [0.3, 0.4) is 0 Å². The van der Waals surface area contributed by atoms with Crippen LogP contribution < -0.4 is 10.1 Å². The largest absolute Gasteiger partial charge is 0.497 e. The Bertz CT molecular complexity index is 727. The summed E-state index contributed by atoms with van der Waals surface area (Å²) in [6, 6.07) is 6.35. The van der Waals surface area contributed by atoms with Crippen LogP contribution in [-0.2, 0) is 16.0 Å². The van der Waals surface area contributed by atoms with Crippen molar-refractivity contribution in [2.75, 3.05) is 7.11 Å². The van der Waals surface area contributed by atoms with Gasteiger partial charge in [0.15, 0.2) is 0 Å². The molecular formula is C18H23N3O5. The number of carbonyl (C=O) groups excluding carboxylic acids is 1. The predicted octanol–water partition coefficient (Wildman–Crippen LogP) is 2.44. The van der Waals surface area contributed by atoms with Gasteiger partial charge in [-0.2, -0.15) is 4.98 Å². The summed E-state index contributed by atoms with van der Waals surface area (Å²) in [4.78, 5) is 27.4. The number of carboxylic acids is 1. The van der Waals surface area contributed by atoms with Crippen LogP contribution in [0.15, 0.2) is 28.8 Å². The van der Waals surface area contributed by atoms with Crippen molar-refractivity contribution in [3.05, 3.63) is 30.2 Å². The van der Waals surface area contributed by atoms with Crippen LogP contribution in [0, 0.1) is 0 Å². The zero-order chi connectivity index (χ0) is 18.9. The highest BCUT2D eigenvalue weighted by molar-refractivity contribution is 5.83. The van der Waals surface area contributed by atoms with Gasteiger partial charge in [-0.15, -0.1) is 0 Å². The van der Waals surface area contributed by atoms with Gasteiger partial charge in [0.25, 0.3) is 0 Å². The maximum absolute atomic E-state index is 12.0. The first-order valence-corrected chi connectivity index (χ1v) is 8.52. The lowest BCUT2D eigenvalue weighted by atomic mass is 10.1. The Hall–Kier alpha value is -2.90. The molecule has 0 saturated carbocycles. The molecule has 0 radical (unpaired) electrons. The molecule has 0 spiro atoms. The van der Waals surface area contributed by atoms with Crippen LogP contribution in [0.25, 0.3) is 11.4 Å². The lowest BCUT2D eigenvalue weighted by molar-refractivity contribution is -0.142. The molecule has 140 valence electrons. The summed E-state index contributed by atoms with van der Waals surface area (Å²) in [6.07, 6.45) is 2.36. The summed E-state index contributed by atoms with van der Waals surface area (Å²) in [5, 5.41) is 15.6. The molecule has 1 atom stereocenters. The number of amides is 1. The molecule has 1 aromatic heterocycles. The molecule has 2 N–H and O–H groups in total. The number of nitrogens with one attached hydrogen (secondary N) is 1. The fourth-order valence-corrected chi connectivity index (χ4v) is 2.37. The van der Waals surface area contributed by atoms with E-state index in [1.165, 1.54) is 0 Å². The fraction of sp³-hybridized carbons (Fsp3) is 0.444. The van der Waals surface area contributed by atoms with Gasteiger partial charge >= 0.3 is 5.97 Å². The van der Waals surface area contributed by atoms with Crippen molar-refractivity contribution >= 4 is 11.9 Å². The molecule has 0 bridgehead atoms. The van der Waals surface area contributed by atoms with E-state index < -0.39 is 12.0 Å². The van der Waals surface area contributed by atoms with E-state index in [9.17, 15) is 9.59 Å². The van der Waals surface area contributed by atoms with E-state index in [0.717, 1.165) is 24.2 Å². The minimum atomic E-state index is -1.02. The van der Waals surface area contributed by atoms with Gasteiger partial charge in [-0.3, -0.25) is 4.79 Å². The second-order valence-corrected chi connectivity index (χ2v) is 5.84. The first-order chi connectivity index (χ1) is 12.5. The molecule has 0 saturated heterocycles. The number of nitrogens with zero attached hydrogens (tertiary/aromatic N) is 2. The quantitative estimate of drug-likeness (QED) is 0.668. The molecule has 0 aliphatic carbocycles. The van der Waals surface area contributed by atoms with Crippen molar-refractivity contribution in [2.24, 2.45) is 0 Å². The van der Waals surface area contributed by atoms with Crippen molar-refractivity contribution in [2.45, 2.75) is 45.1 Å². The van der Waals surface area contributed by atoms with Crippen molar-refractivity contribution < 1.29 is 24.0 Å². The first kappa shape index (κ1) is 19.4. The Labute approximate surface area is 151 Å². The van der Waals surface area contributed by atoms with Crippen LogP contribution in [0.5, 0.6) is 5.75 Å². The average molecular weight is 361 g/mol. The Morgan fingerprint density at radius 2 is 2.04 bits per heavy atom. The average Bonchev–Trinajstić information content (AvgIpc) is 3.12. The highest BCUT2D eigenvalue weighted by Crippen LogP contribution is 2.20. The molecule has 1 unspecified atom stereocenters. The summed E-state index contributed by atoms with van der Waals surface area (Å²) in [5.41, 5.74) is 0.774. The number of carboxylic acid groups (broad SMARTS) is 1. The number of rotatable bonds is 10. The highest BCUT2D eigenvalue weighted by Gasteiger charge is 2.19. The van der Waals surface area contributed by atoms with Crippen LogP contribution in [-0.4, -0.2) is 40.3 Å². The number of aryl methyl sites for hydroxylation is 1. The maximum atomic E-state index is 12.0. The first-order valence-electron chi connectivity index (χ1n) is 8.52. The molecule has 26 heavy (non-hydrogen) atoms. The second kappa shape index (κ2) is 9.55. The summed E-state index contributed by atoms with van der Waals surface area (Å²) >= 11 is 0. The third-order valence-corrected chi connectivity index (χ3v) is 3.86. The number of aliphatic carboxylic acids is 1. The van der Waals surface area contributed by atoms with Crippen LogP contribution in [0.1, 0.15) is 38.5 Å². The van der Waals surface area contributed by atoms with Crippen molar-refractivity contribution in [3.8, 4) is 17.1 Å². The number of benzene rings is 1. The molecule has 0 aliphatic heterocycles. The van der Waals surface area contributed by atoms with Crippen molar-refractivity contribution in [1.82, 2.24) is 15.5 Å². The molecule has 8 heteroatoms. The molecule has 0 fully saturated rings. The van der Waals surface area contributed by atoms with Crippen LogP contribution in [0.4, 0.5) is 0 Å². The molecule has 2 aromatic rings. The van der Waals surface area contributed by atoms with Gasteiger partial charge < -0.3 is 19.7 Å². The van der Waals surface area contributed by atoms with Crippen molar-refractivity contribution in [3.63, 3.8) is 0 Å².